The van der Waals surface area contributed by atoms with Crippen LogP contribution in [0.1, 0.15) is 18.1 Å². The minimum absolute atomic E-state index is 0.0912. The minimum Gasteiger partial charge on any atom is -0.490 e. The fourth-order valence-corrected chi connectivity index (χ4v) is 2.16. The van der Waals surface area contributed by atoms with E-state index in [9.17, 15) is 0 Å². The Morgan fingerprint density at radius 1 is 1.14 bits per heavy atom. The van der Waals surface area contributed by atoms with Crippen molar-refractivity contribution in [3.63, 3.8) is 0 Å². The van der Waals surface area contributed by atoms with Crippen LogP contribution in [-0.2, 0) is 6.42 Å². The second kappa shape index (κ2) is 7.45. The summed E-state index contributed by atoms with van der Waals surface area (Å²) in [6.07, 6.45) is 0.955. The van der Waals surface area contributed by atoms with Crippen molar-refractivity contribution in [3.05, 3.63) is 65.7 Å². The van der Waals surface area contributed by atoms with Crippen LogP contribution in [0.15, 0.2) is 59.6 Å². The maximum atomic E-state index is 8.95. The fraction of sp³-hybridized carbons (Fsp3) is 0.235. The highest BCUT2D eigenvalue weighted by atomic mass is 16.5. The van der Waals surface area contributed by atoms with Gasteiger partial charge in [-0.3, -0.25) is 15.7 Å². The molecular weight excluding hydrogens is 264 g/mol. The SMILES string of the molecule is CN=C(NO)c1ccc(O[C@H](C)Cc2ccccc2)cc1. The third-order valence-electron chi connectivity index (χ3n) is 3.16. The first-order valence-corrected chi connectivity index (χ1v) is 6.91. The number of nitrogens with one attached hydrogen (secondary N) is 1. The van der Waals surface area contributed by atoms with Gasteiger partial charge in [-0.25, -0.2) is 0 Å². The molecule has 0 aliphatic rings. The molecule has 0 fully saturated rings. The molecule has 0 aliphatic carbocycles. The van der Waals surface area contributed by atoms with Crippen LogP contribution in [-0.4, -0.2) is 24.2 Å². The molecule has 0 heterocycles. The van der Waals surface area contributed by atoms with Gasteiger partial charge >= 0.3 is 0 Å². The summed E-state index contributed by atoms with van der Waals surface area (Å²) in [5, 5.41) is 8.95. The lowest BCUT2D eigenvalue weighted by atomic mass is 10.1. The summed E-state index contributed by atoms with van der Waals surface area (Å²) in [6.45, 7) is 2.05. The summed E-state index contributed by atoms with van der Waals surface area (Å²) in [5.74, 6) is 1.23. The van der Waals surface area contributed by atoms with Gasteiger partial charge in [-0.15, -0.1) is 0 Å². The first-order valence-electron chi connectivity index (χ1n) is 6.91. The molecule has 0 aromatic heterocycles. The van der Waals surface area contributed by atoms with Gasteiger partial charge in [0, 0.05) is 19.0 Å². The van der Waals surface area contributed by atoms with Crippen molar-refractivity contribution < 1.29 is 9.94 Å². The maximum Gasteiger partial charge on any atom is 0.151 e. The van der Waals surface area contributed by atoms with Gasteiger partial charge in [0.05, 0.1) is 6.10 Å². The number of amidine groups is 1. The fourth-order valence-electron chi connectivity index (χ4n) is 2.16. The van der Waals surface area contributed by atoms with Gasteiger partial charge in [0.25, 0.3) is 0 Å². The van der Waals surface area contributed by atoms with E-state index in [0.717, 1.165) is 17.7 Å². The molecule has 0 saturated carbocycles. The molecule has 2 aromatic carbocycles. The van der Waals surface area contributed by atoms with Crippen molar-refractivity contribution in [2.75, 3.05) is 7.05 Å². The molecule has 2 rings (SSSR count). The van der Waals surface area contributed by atoms with Crippen molar-refractivity contribution in [2.24, 2.45) is 4.99 Å². The Labute approximate surface area is 125 Å². The molecule has 0 radical (unpaired) electrons. The second-order valence-corrected chi connectivity index (χ2v) is 4.83. The molecule has 0 amide bonds. The van der Waals surface area contributed by atoms with Crippen molar-refractivity contribution in [1.82, 2.24) is 5.48 Å². The van der Waals surface area contributed by atoms with Crippen LogP contribution < -0.4 is 10.2 Å². The normalized spacial score (nSPS) is 12.8. The lowest BCUT2D eigenvalue weighted by molar-refractivity contribution is 0.222. The van der Waals surface area contributed by atoms with Crippen LogP contribution in [0.3, 0.4) is 0 Å². The highest BCUT2D eigenvalue weighted by molar-refractivity contribution is 5.97. The lowest BCUT2D eigenvalue weighted by Crippen LogP contribution is -2.20. The topological polar surface area (TPSA) is 53.9 Å². The summed E-state index contributed by atoms with van der Waals surface area (Å²) >= 11 is 0. The number of hydroxylamine groups is 1. The Kier molecular flexibility index (Phi) is 5.35. The molecule has 0 aliphatic heterocycles. The second-order valence-electron chi connectivity index (χ2n) is 4.83. The van der Waals surface area contributed by atoms with Crippen LogP contribution in [0.4, 0.5) is 0 Å². The zero-order valence-electron chi connectivity index (χ0n) is 12.3. The third-order valence-corrected chi connectivity index (χ3v) is 3.16. The first-order chi connectivity index (χ1) is 10.2. The molecule has 2 aromatic rings. The van der Waals surface area contributed by atoms with E-state index in [1.165, 1.54) is 5.56 Å². The van der Waals surface area contributed by atoms with Gasteiger partial charge < -0.3 is 4.74 Å². The van der Waals surface area contributed by atoms with Gasteiger partial charge in [-0.1, -0.05) is 30.3 Å². The molecule has 4 nitrogen and oxygen atoms in total. The summed E-state index contributed by atoms with van der Waals surface area (Å²) in [7, 11) is 1.62. The highest BCUT2D eigenvalue weighted by Gasteiger charge is 2.06. The number of benzene rings is 2. The molecule has 2 N–H and O–H groups in total. The van der Waals surface area contributed by atoms with Crippen LogP contribution >= 0.6 is 0 Å². The molecule has 110 valence electrons. The number of nitrogens with zero attached hydrogens (tertiary/aromatic N) is 1. The van der Waals surface area contributed by atoms with E-state index in [0.29, 0.717) is 5.84 Å². The first kappa shape index (κ1) is 15.1. The standard InChI is InChI=1S/C17H20N2O2/c1-13(12-14-6-4-3-5-7-14)21-16-10-8-15(9-11-16)17(18-2)19-20/h3-11,13,20H,12H2,1-2H3,(H,18,19)/t13-/m1/s1. The Bertz CT molecular complexity index is 579. The van der Waals surface area contributed by atoms with Crippen molar-refractivity contribution in [3.8, 4) is 5.75 Å². The van der Waals surface area contributed by atoms with Crippen LogP contribution in [0.5, 0.6) is 5.75 Å². The Morgan fingerprint density at radius 3 is 2.38 bits per heavy atom. The average Bonchev–Trinajstić information content (AvgIpc) is 2.51. The Hall–Kier alpha value is -2.33. The summed E-state index contributed by atoms with van der Waals surface area (Å²) in [6, 6.07) is 17.7. The third kappa shape index (κ3) is 4.33. The van der Waals surface area contributed by atoms with E-state index < -0.39 is 0 Å². The van der Waals surface area contributed by atoms with Crippen molar-refractivity contribution in [2.45, 2.75) is 19.4 Å². The van der Waals surface area contributed by atoms with E-state index in [4.69, 9.17) is 9.94 Å². The quantitative estimate of drug-likeness (QED) is 0.504. The smallest absolute Gasteiger partial charge is 0.151 e. The molecule has 21 heavy (non-hydrogen) atoms. The largest absolute Gasteiger partial charge is 0.490 e. The average molecular weight is 284 g/mol. The zero-order valence-corrected chi connectivity index (χ0v) is 12.3. The molecular formula is C17H20N2O2. The van der Waals surface area contributed by atoms with E-state index in [-0.39, 0.29) is 6.10 Å². The van der Waals surface area contributed by atoms with Gasteiger partial charge in [-0.05, 0) is 36.8 Å². The molecule has 0 unspecified atom stereocenters. The predicted octanol–water partition coefficient (Wildman–Crippen LogP) is 3.05. The Balaban J connectivity index is 1.97. The summed E-state index contributed by atoms with van der Waals surface area (Å²) in [5.41, 5.74) is 4.13. The number of hydrogen-bond acceptors (Lipinski definition) is 3. The molecule has 0 spiro atoms. The number of rotatable bonds is 5. The van der Waals surface area contributed by atoms with E-state index >= 15 is 0 Å². The highest BCUT2D eigenvalue weighted by Crippen LogP contribution is 2.16. The number of hydrogen-bond donors (Lipinski definition) is 2. The van der Waals surface area contributed by atoms with Crippen LogP contribution in [0.25, 0.3) is 0 Å². The van der Waals surface area contributed by atoms with Crippen molar-refractivity contribution >= 4 is 5.84 Å². The van der Waals surface area contributed by atoms with Crippen molar-refractivity contribution in [1.29, 1.82) is 0 Å². The summed E-state index contributed by atoms with van der Waals surface area (Å²) < 4.78 is 5.90. The van der Waals surface area contributed by atoms with Gasteiger partial charge in [0.2, 0.25) is 0 Å². The van der Waals surface area contributed by atoms with E-state index in [1.54, 1.807) is 7.05 Å². The zero-order chi connectivity index (χ0) is 15.1. The van der Waals surface area contributed by atoms with E-state index in [1.807, 2.05) is 42.5 Å². The number of ether oxygens (including phenoxy) is 1. The molecule has 0 bridgehead atoms. The van der Waals surface area contributed by atoms with Gasteiger partial charge in [-0.2, -0.15) is 0 Å². The minimum atomic E-state index is 0.0912. The molecule has 0 saturated heterocycles. The van der Waals surface area contributed by atoms with Crippen LogP contribution in [0.2, 0.25) is 0 Å². The molecule has 4 heteroatoms. The van der Waals surface area contributed by atoms with Gasteiger partial charge in [0.1, 0.15) is 5.75 Å². The van der Waals surface area contributed by atoms with E-state index in [2.05, 4.69) is 29.5 Å². The predicted molar refractivity (Wildman–Crippen MR) is 84.1 cm³/mol. The summed E-state index contributed by atoms with van der Waals surface area (Å²) in [4.78, 5) is 3.94. The van der Waals surface area contributed by atoms with Gasteiger partial charge in [0.15, 0.2) is 5.84 Å². The molecule has 1 atom stereocenters. The maximum absolute atomic E-state index is 8.95. The Morgan fingerprint density at radius 2 is 1.81 bits per heavy atom. The number of aliphatic imine (C=N–C) groups is 1. The lowest BCUT2D eigenvalue weighted by Gasteiger charge is -2.15. The van der Waals surface area contributed by atoms with Crippen LogP contribution in [0, 0.1) is 0 Å². The monoisotopic (exact) mass is 284 g/mol.